The van der Waals surface area contributed by atoms with Gasteiger partial charge in [-0.05, 0) is 72.8 Å². The zero-order valence-corrected chi connectivity index (χ0v) is 15.6. The average Bonchev–Trinajstić information content (AvgIpc) is 2.57. The monoisotopic (exact) mass is 387 g/mol. The minimum atomic E-state index is -0.557. The van der Waals surface area contributed by atoms with E-state index in [1.165, 1.54) is 6.07 Å². The predicted molar refractivity (Wildman–Crippen MR) is 94.3 cm³/mol. The Kier molecular flexibility index (Phi) is 6.86. The summed E-state index contributed by atoms with van der Waals surface area (Å²) < 4.78 is 19.7. The first-order chi connectivity index (χ1) is 11.0. The van der Waals surface area contributed by atoms with Crippen LogP contribution in [0.2, 0.25) is 0 Å². The quantitative estimate of drug-likeness (QED) is 0.759. The lowest BCUT2D eigenvalue weighted by atomic mass is 9.93. The van der Waals surface area contributed by atoms with E-state index < -0.39 is 5.60 Å². The van der Waals surface area contributed by atoms with E-state index in [-0.39, 0.29) is 5.82 Å². The number of piperidine rings is 1. The van der Waals surface area contributed by atoms with Crippen LogP contribution in [0.15, 0.2) is 22.7 Å². The van der Waals surface area contributed by atoms with E-state index in [1.807, 2.05) is 13.8 Å². The molecular formula is C18H27BrFNO2. The number of benzene rings is 1. The number of nitrogens with zero attached hydrogens (tertiary/aromatic N) is 1. The summed E-state index contributed by atoms with van der Waals surface area (Å²) in [6.07, 6.45) is 3.70. The van der Waals surface area contributed by atoms with Gasteiger partial charge in [0.15, 0.2) is 0 Å². The Hall–Kier alpha value is -0.650. The normalized spacial score (nSPS) is 17.4. The van der Waals surface area contributed by atoms with E-state index in [0.29, 0.717) is 22.7 Å². The SMILES string of the molecule is CCC(O)(CC)CN1CCC(COc2ccc(Br)c(F)c2)CC1. The van der Waals surface area contributed by atoms with Crippen LogP contribution in [0, 0.1) is 11.7 Å². The molecule has 0 spiro atoms. The summed E-state index contributed by atoms with van der Waals surface area (Å²) in [7, 11) is 0. The predicted octanol–water partition coefficient (Wildman–Crippen LogP) is 4.23. The summed E-state index contributed by atoms with van der Waals surface area (Å²) in [4.78, 5) is 2.35. The molecule has 0 aliphatic carbocycles. The van der Waals surface area contributed by atoms with Gasteiger partial charge in [-0.2, -0.15) is 0 Å². The Balaban J connectivity index is 1.75. The molecular weight excluding hydrogens is 361 g/mol. The zero-order valence-electron chi connectivity index (χ0n) is 14.0. The summed E-state index contributed by atoms with van der Waals surface area (Å²) in [6, 6.07) is 4.87. The molecule has 1 aliphatic rings. The van der Waals surface area contributed by atoms with Crippen molar-refractivity contribution in [2.45, 2.75) is 45.1 Å². The average molecular weight is 388 g/mol. The molecule has 1 N–H and O–H groups in total. The van der Waals surface area contributed by atoms with E-state index >= 15 is 0 Å². The molecule has 0 amide bonds. The molecule has 23 heavy (non-hydrogen) atoms. The summed E-state index contributed by atoms with van der Waals surface area (Å²) in [5, 5.41) is 10.4. The van der Waals surface area contributed by atoms with Crippen molar-refractivity contribution in [1.29, 1.82) is 0 Å². The number of β-amino-alcohol motifs (C(OH)–C–C–N with tert-alkyl or cyclic N) is 1. The minimum Gasteiger partial charge on any atom is -0.493 e. The Morgan fingerprint density at radius 2 is 1.96 bits per heavy atom. The maximum absolute atomic E-state index is 13.5. The molecule has 0 saturated carbocycles. The third-order valence-electron chi connectivity index (χ3n) is 4.92. The third-order valence-corrected chi connectivity index (χ3v) is 5.56. The highest BCUT2D eigenvalue weighted by Gasteiger charge is 2.28. The minimum absolute atomic E-state index is 0.296. The number of rotatable bonds is 7. The molecule has 1 saturated heterocycles. The van der Waals surface area contributed by atoms with Crippen LogP contribution in [0.4, 0.5) is 4.39 Å². The smallest absolute Gasteiger partial charge is 0.141 e. The molecule has 1 aromatic rings. The summed E-state index contributed by atoms with van der Waals surface area (Å²) in [6.45, 7) is 7.45. The topological polar surface area (TPSA) is 32.7 Å². The second kappa shape index (κ2) is 8.45. The van der Waals surface area contributed by atoms with Crippen LogP contribution < -0.4 is 4.74 Å². The standard InChI is InChI=1S/C18H27BrFNO2/c1-3-18(22,4-2)13-21-9-7-14(8-10-21)12-23-15-5-6-16(19)17(20)11-15/h5-6,11,14,22H,3-4,7-10,12-13H2,1-2H3. The van der Waals surface area contributed by atoms with Crippen molar-refractivity contribution in [2.24, 2.45) is 5.92 Å². The van der Waals surface area contributed by atoms with Crippen LogP contribution in [-0.4, -0.2) is 41.8 Å². The maximum Gasteiger partial charge on any atom is 0.141 e. The number of hydrogen-bond acceptors (Lipinski definition) is 3. The fourth-order valence-electron chi connectivity index (χ4n) is 2.98. The number of halogens is 2. The Bertz CT molecular complexity index is 500. The van der Waals surface area contributed by atoms with Crippen LogP contribution >= 0.6 is 15.9 Å². The molecule has 0 aromatic heterocycles. The summed E-state index contributed by atoms with van der Waals surface area (Å²) in [5.74, 6) is 0.782. The summed E-state index contributed by atoms with van der Waals surface area (Å²) in [5.41, 5.74) is -0.557. The molecule has 2 rings (SSSR count). The van der Waals surface area contributed by atoms with Crippen molar-refractivity contribution in [3.8, 4) is 5.75 Å². The highest BCUT2D eigenvalue weighted by Crippen LogP contribution is 2.25. The Morgan fingerprint density at radius 3 is 2.52 bits per heavy atom. The van der Waals surface area contributed by atoms with E-state index in [9.17, 15) is 9.50 Å². The molecule has 5 heteroatoms. The first-order valence-electron chi connectivity index (χ1n) is 8.48. The lowest BCUT2D eigenvalue weighted by molar-refractivity contribution is -0.0133. The van der Waals surface area contributed by atoms with Gasteiger partial charge in [0.1, 0.15) is 11.6 Å². The van der Waals surface area contributed by atoms with Crippen molar-refractivity contribution >= 4 is 15.9 Å². The molecule has 0 radical (unpaired) electrons. The van der Waals surface area contributed by atoms with E-state index in [2.05, 4.69) is 20.8 Å². The van der Waals surface area contributed by atoms with Gasteiger partial charge in [0, 0.05) is 12.6 Å². The molecule has 0 unspecified atom stereocenters. The van der Waals surface area contributed by atoms with Gasteiger partial charge >= 0.3 is 0 Å². The Morgan fingerprint density at radius 1 is 1.30 bits per heavy atom. The van der Waals surface area contributed by atoms with Gasteiger partial charge in [-0.1, -0.05) is 13.8 Å². The lowest BCUT2D eigenvalue weighted by Crippen LogP contribution is -2.46. The maximum atomic E-state index is 13.5. The van der Waals surface area contributed by atoms with Crippen LogP contribution in [0.25, 0.3) is 0 Å². The number of likely N-dealkylation sites (tertiary alicyclic amines) is 1. The van der Waals surface area contributed by atoms with Gasteiger partial charge in [-0.25, -0.2) is 4.39 Å². The van der Waals surface area contributed by atoms with Crippen LogP contribution in [0.1, 0.15) is 39.5 Å². The first kappa shape index (κ1) is 18.7. The molecule has 1 heterocycles. The van der Waals surface area contributed by atoms with Crippen molar-refractivity contribution < 1.29 is 14.2 Å². The first-order valence-corrected chi connectivity index (χ1v) is 9.27. The van der Waals surface area contributed by atoms with Gasteiger partial charge in [-0.3, -0.25) is 0 Å². The second-order valence-corrected chi connectivity index (χ2v) is 7.39. The molecule has 130 valence electrons. The van der Waals surface area contributed by atoms with Crippen molar-refractivity contribution in [2.75, 3.05) is 26.2 Å². The molecule has 1 fully saturated rings. The second-order valence-electron chi connectivity index (χ2n) is 6.54. The van der Waals surface area contributed by atoms with E-state index in [0.717, 1.165) is 45.3 Å². The van der Waals surface area contributed by atoms with Crippen molar-refractivity contribution in [3.05, 3.63) is 28.5 Å². The fraction of sp³-hybridized carbons (Fsp3) is 0.667. The molecule has 3 nitrogen and oxygen atoms in total. The number of aliphatic hydroxyl groups is 1. The van der Waals surface area contributed by atoms with Gasteiger partial charge in [-0.15, -0.1) is 0 Å². The molecule has 0 bridgehead atoms. The highest BCUT2D eigenvalue weighted by atomic mass is 79.9. The molecule has 1 aromatic carbocycles. The van der Waals surface area contributed by atoms with E-state index in [1.54, 1.807) is 12.1 Å². The Labute approximate surface area is 147 Å². The van der Waals surface area contributed by atoms with E-state index in [4.69, 9.17) is 4.74 Å². The largest absolute Gasteiger partial charge is 0.493 e. The summed E-state index contributed by atoms with van der Waals surface area (Å²) >= 11 is 3.14. The van der Waals surface area contributed by atoms with Gasteiger partial charge in [0.25, 0.3) is 0 Å². The van der Waals surface area contributed by atoms with Crippen molar-refractivity contribution in [3.63, 3.8) is 0 Å². The lowest BCUT2D eigenvalue weighted by Gasteiger charge is -2.37. The van der Waals surface area contributed by atoms with Gasteiger partial charge in [0.2, 0.25) is 0 Å². The van der Waals surface area contributed by atoms with Gasteiger partial charge < -0.3 is 14.7 Å². The zero-order chi connectivity index (χ0) is 16.9. The fourth-order valence-corrected chi connectivity index (χ4v) is 3.23. The van der Waals surface area contributed by atoms with Crippen LogP contribution in [0.5, 0.6) is 5.75 Å². The van der Waals surface area contributed by atoms with Crippen LogP contribution in [0.3, 0.4) is 0 Å². The third kappa shape index (κ3) is 5.44. The highest BCUT2D eigenvalue weighted by molar-refractivity contribution is 9.10. The number of ether oxygens (including phenoxy) is 1. The van der Waals surface area contributed by atoms with Crippen molar-refractivity contribution in [1.82, 2.24) is 4.90 Å². The number of hydrogen-bond donors (Lipinski definition) is 1. The molecule has 0 atom stereocenters. The van der Waals surface area contributed by atoms with Crippen LogP contribution in [-0.2, 0) is 0 Å². The van der Waals surface area contributed by atoms with Gasteiger partial charge in [0.05, 0.1) is 16.7 Å². The molecule has 1 aliphatic heterocycles.